The van der Waals surface area contributed by atoms with E-state index in [1.807, 2.05) is 24.3 Å². The van der Waals surface area contributed by atoms with Crippen LogP contribution in [0.2, 0.25) is 0 Å². The molecule has 4 aromatic rings. The van der Waals surface area contributed by atoms with Crippen molar-refractivity contribution >= 4 is 68.2 Å². The lowest BCUT2D eigenvalue weighted by molar-refractivity contribution is 0.0982. The summed E-state index contributed by atoms with van der Waals surface area (Å²) in [5, 5.41) is 17.3. The van der Waals surface area contributed by atoms with Crippen molar-refractivity contribution in [2.24, 2.45) is 0 Å². The normalized spacial score (nSPS) is 16.9. The highest BCUT2D eigenvalue weighted by molar-refractivity contribution is 9.10. The van der Waals surface area contributed by atoms with Gasteiger partial charge in [0.1, 0.15) is 24.5 Å². The molecule has 0 spiro atoms. The van der Waals surface area contributed by atoms with Crippen LogP contribution in [-0.4, -0.2) is 95.4 Å². The molecule has 0 amide bonds. The molecule has 0 saturated carbocycles. The number of halogens is 1. The maximum atomic E-state index is 13.4. The van der Waals surface area contributed by atoms with E-state index in [1.54, 1.807) is 31.9 Å². The van der Waals surface area contributed by atoms with Gasteiger partial charge in [-0.1, -0.05) is 0 Å². The van der Waals surface area contributed by atoms with Crippen LogP contribution in [0.3, 0.4) is 0 Å². The van der Waals surface area contributed by atoms with Crippen LogP contribution < -0.4 is 20.8 Å². The van der Waals surface area contributed by atoms with Crippen molar-refractivity contribution in [3.05, 3.63) is 58.5 Å². The molecule has 2 aromatic carbocycles. The third kappa shape index (κ3) is 6.82. The van der Waals surface area contributed by atoms with E-state index in [4.69, 9.17) is 4.98 Å². The highest BCUT2D eigenvalue weighted by atomic mass is 79.9. The summed E-state index contributed by atoms with van der Waals surface area (Å²) in [7, 11) is -0.553. The zero-order chi connectivity index (χ0) is 31.7. The first-order valence-corrected chi connectivity index (χ1v) is 18.6. The largest absolute Gasteiger partial charge is 0.371 e. The summed E-state index contributed by atoms with van der Waals surface area (Å²) >= 11 is 3.55. The fraction of sp³-hybridized carbons (Fsp3) is 0.406. The predicted molar refractivity (Wildman–Crippen MR) is 185 cm³/mol. The topological polar surface area (TPSA) is 126 Å². The average Bonchev–Trinajstić information content (AvgIpc) is 3.02. The van der Waals surface area contributed by atoms with Gasteiger partial charge in [0.15, 0.2) is 0 Å². The van der Waals surface area contributed by atoms with E-state index in [9.17, 15) is 9.83 Å². The Hall–Kier alpha value is -3.62. The van der Waals surface area contributed by atoms with Crippen molar-refractivity contribution in [1.82, 2.24) is 29.7 Å². The Balaban J connectivity index is 1.21. The van der Waals surface area contributed by atoms with Crippen molar-refractivity contribution < 1.29 is 4.57 Å². The van der Waals surface area contributed by atoms with Crippen LogP contribution in [0.4, 0.5) is 28.8 Å². The molecule has 234 valence electrons. The monoisotopic (exact) mass is 688 g/mol. The number of piperidine rings is 1. The first-order chi connectivity index (χ1) is 21.6. The molecule has 0 atom stereocenters. The number of nitrogens with one attached hydrogen (secondary N) is 2. The van der Waals surface area contributed by atoms with Gasteiger partial charge in [-0.2, -0.15) is 10.2 Å². The third-order valence-corrected chi connectivity index (χ3v) is 10.8. The second kappa shape index (κ2) is 13.0. The molecular weight excluding hydrogens is 651 g/mol. The lowest BCUT2D eigenvalue weighted by Crippen LogP contribution is -2.52. The number of anilines is 5. The number of benzene rings is 2. The third-order valence-electron chi connectivity index (χ3n) is 8.71. The molecule has 2 N–H and O–H groups in total. The van der Waals surface area contributed by atoms with E-state index in [-0.39, 0.29) is 0 Å². The number of nitrogens with zero attached hydrogens (tertiary/aromatic N) is 8. The first kappa shape index (κ1) is 31.4. The summed E-state index contributed by atoms with van der Waals surface area (Å²) < 4.78 is 14.0. The van der Waals surface area contributed by atoms with Crippen LogP contribution in [0.1, 0.15) is 24.0 Å². The molecule has 0 unspecified atom stereocenters. The Morgan fingerprint density at radius 1 is 0.978 bits per heavy atom. The van der Waals surface area contributed by atoms with Crippen molar-refractivity contribution in [1.29, 1.82) is 5.26 Å². The quantitative estimate of drug-likeness (QED) is 0.245. The number of aromatic nitrogens is 4. The molecule has 0 bridgehead atoms. The highest BCUT2D eigenvalue weighted by Crippen LogP contribution is 2.41. The van der Waals surface area contributed by atoms with Crippen LogP contribution in [0.25, 0.3) is 11.0 Å². The number of hydrogen-bond acceptors (Lipinski definition) is 11. The average molecular weight is 690 g/mol. The van der Waals surface area contributed by atoms with Crippen molar-refractivity contribution in [3.63, 3.8) is 0 Å². The maximum absolute atomic E-state index is 13.4. The second-order valence-corrected chi connectivity index (χ2v) is 16.2. The molecule has 0 radical (unpaired) electrons. The van der Waals surface area contributed by atoms with E-state index < -0.39 is 7.14 Å². The highest BCUT2D eigenvalue weighted by Gasteiger charge is 2.28. The zero-order valence-corrected chi connectivity index (χ0v) is 28.6. The molecule has 6 rings (SSSR count). The van der Waals surface area contributed by atoms with Gasteiger partial charge in [-0.3, -0.25) is 14.9 Å². The smallest absolute Gasteiger partial charge is 0.229 e. The Morgan fingerprint density at radius 2 is 1.71 bits per heavy atom. The number of rotatable bonds is 7. The van der Waals surface area contributed by atoms with Crippen LogP contribution in [0.5, 0.6) is 0 Å². The number of nitriles is 1. The van der Waals surface area contributed by atoms with E-state index in [1.165, 1.54) is 0 Å². The van der Waals surface area contributed by atoms with Gasteiger partial charge in [0, 0.05) is 69.6 Å². The zero-order valence-electron chi connectivity index (χ0n) is 26.1. The predicted octanol–water partition coefficient (Wildman–Crippen LogP) is 5.31. The Bertz CT molecular complexity index is 1810. The number of aryl methyl sites for hydroxylation is 1. The Labute approximate surface area is 272 Å². The van der Waals surface area contributed by atoms with E-state index in [0.29, 0.717) is 55.6 Å². The van der Waals surface area contributed by atoms with Crippen molar-refractivity contribution in [2.75, 3.05) is 75.2 Å². The summed E-state index contributed by atoms with van der Waals surface area (Å²) in [5.41, 5.74) is 5.28. The molecule has 13 heteroatoms. The van der Waals surface area contributed by atoms with E-state index in [0.717, 1.165) is 63.4 Å². The van der Waals surface area contributed by atoms with Crippen molar-refractivity contribution in [3.8, 4) is 6.07 Å². The minimum atomic E-state index is -2.75. The van der Waals surface area contributed by atoms with Gasteiger partial charge in [0.25, 0.3) is 0 Å². The molecular formula is C32H38BrN10OP. The van der Waals surface area contributed by atoms with Crippen LogP contribution in [0.15, 0.2) is 47.3 Å². The van der Waals surface area contributed by atoms with Gasteiger partial charge in [-0.05, 0) is 85.9 Å². The molecule has 2 fully saturated rings. The summed E-state index contributed by atoms with van der Waals surface area (Å²) in [6.07, 6.45) is 7.13. The van der Waals surface area contributed by atoms with Gasteiger partial charge in [0.2, 0.25) is 5.95 Å². The first-order valence-electron chi connectivity index (χ1n) is 15.2. The van der Waals surface area contributed by atoms with Crippen LogP contribution in [0, 0.1) is 18.3 Å². The molecule has 2 saturated heterocycles. The van der Waals surface area contributed by atoms with Gasteiger partial charge >= 0.3 is 0 Å². The van der Waals surface area contributed by atoms with Gasteiger partial charge in [-0.15, -0.1) is 0 Å². The molecule has 2 aliphatic heterocycles. The summed E-state index contributed by atoms with van der Waals surface area (Å²) in [5.74, 6) is 0.816. The minimum absolute atomic E-state index is 0.329. The van der Waals surface area contributed by atoms with Gasteiger partial charge < -0.3 is 25.0 Å². The Kier molecular flexibility index (Phi) is 9.07. The fourth-order valence-electron chi connectivity index (χ4n) is 6.32. The maximum Gasteiger partial charge on any atom is 0.229 e. The molecule has 0 aliphatic carbocycles. The SMILES string of the molecule is Cc1cc(Nc2ncc(Br)c(Nc3ccc4nccnc4c3P(C)(C)=O)n2)c(C#N)cc1N1CCC(N2CCN(C)CC2)CC1. The second-order valence-electron chi connectivity index (χ2n) is 12.2. The molecule has 4 heterocycles. The summed E-state index contributed by atoms with van der Waals surface area (Å²) in [4.78, 5) is 25.5. The summed E-state index contributed by atoms with van der Waals surface area (Å²) in [6, 6.07) is 10.7. The molecule has 45 heavy (non-hydrogen) atoms. The molecule has 11 nitrogen and oxygen atoms in total. The van der Waals surface area contributed by atoms with Gasteiger partial charge in [-0.25, -0.2) is 4.98 Å². The lowest BCUT2D eigenvalue weighted by atomic mass is 9.99. The summed E-state index contributed by atoms with van der Waals surface area (Å²) in [6.45, 7) is 12.0. The van der Waals surface area contributed by atoms with Crippen LogP contribution >= 0.6 is 23.1 Å². The molecule has 2 aromatic heterocycles. The standard InChI is InChI=1S/C32H38BrN10OP/c1-21-17-27(22(19-34)18-28(21)43-11-7-23(8-12-43)42-15-13-41(2)14-16-42)39-32-37-20-24(33)31(40-32)38-26-6-5-25-29(36-10-9-35-25)30(26)45(3,4)44/h5-6,9-10,17-18,20,23H,7-8,11-16H2,1-4H3,(H2,37,38,39,40). The number of likely N-dealkylation sites (N-methyl/N-ethyl adjacent to an activating group) is 1. The lowest BCUT2D eigenvalue weighted by Gasteiger charge is -2.43. The number of piperazine rings is 1. The molecule has 2 aliphatic rings. The van der Waals surface area contributed by atoms with Crippen LogP contribution in [-0.2, 0) is 4.57 Å². The number of fused-ring (bicyclic) bond motifs is 1. The van der Waals surface area contributed by atoms with E-state index >= 15 is 0 Å². The van der Waals surface area contributed by atoms with E-state index in [2.05, 4.69) is 76.3 Å². The minimum Gasteiger partial charge on any atom is -0.371 e. The van der Waals surface area contributed by atoms with Gasteiger partial charge in [0.05, 0.1) is 32.2 Å². The Morgan fingerprint density at radius 3 is 2.42 bits per heavy atom. The fourth-order valence-corrected chi connectivity index (χ4v) is 8.01. The number of hydrogen-bond donors (Lipinski definition) is 2. The van der Waals surface area contributed by atoms with Crippen molar-refractivity contribution in [2.45, 2.75) is 25.8 Å².